The average molecular weight is 437 g/mol. The van der Waals surface area contributed by atoms with Crippen LogP contribution in [0.2, 0.25) is 0 Å². The molecular weight excluding hydrogens is 400 g/mol. The zero-order valence-electron chi connectivity index (χ0n) is 19.1. The molecule has 0 aromatic heterocycles. The molecule has 0 aliphatic carbocycles. The van der Waals surface area contributed by atoms with E-state index >= 15 is 0 Å². The number of nitrogens with zero attached hydrogens (tertiary/aromatic N) is 1. The van der Waals surface area contributed by atoms with Gasteiger partial charge in [-0.2, -0.15) is 0 Å². The second kappa shape index (κ2) is 12.7. The zero-order chi connectivity index (χ0) is 22.6. The number of nitrogens with one attached hydrogen (secondary N) is 3. The maximum Gasteiger partial charge on any atom is 0.319 e. The number of hydrogen-bond donors (Lipinski definition) is 3. The molecular formula is C26H36N4O2. The van der Waals surface area contributed by atoms with Crippen molar-refractivity contribution in [1.82, 2.24) is 5.32 Å². The van der Waals surface area contributed by atoms with Crippen LogP contribution >= 0.6 is 0 Å². The number of urea groups is 1. The number of unbranched alkanes of at least 4 members (excludes halogenated alkanes) is 5. The lowest BCUT2D eigenvalue weighted by Gasteiger charge is -2.32. The second-order valence-electron chi connectivity index (χ2n) is 8.39. The maximum absolute atomic E-state index is 13.0. The molecule has 6 heteroatoms. The Bertz CT molecular complexity index is 839. The number of hydrogen-bond acceptors (Lipinski definition) is 3. The molecule has 1 saturated heterocycles. The molecule has 0 radical (unpaired) electrons. The van der Waals surface area contributed by atoms with Crippen LogP contribution in [0.1, 0.15) is 58.3 Å². The molecule has 1 atom stereocenters. The molecule has 1 aliphatic rings. The third-order valence-electron chi connectivity index (χ3n) is 5.81. The van der Waals surface area contributed by atoms with Crippen molar-refractivity contribution in [1.29, 1.82) is 0 Å². The van der Waals surface area contributed by atoms with Crippen molar-refractivity contribution in [2.24, 2.45) is 0 Å². The van der Waals surface area contributed by atoms with Gasteiger partial charge >= 0.3 is 6.03 Å². The van der Waals surface area contributed by atoms with E-state index < -0.39 is 6.04 Å². The lowest BCUT2D eigenvalue weighted by molar-refractivity contribution is -0.121. The summed E-state index contributed by atoms with van der Waals surface area (Å²) in [7, 11) is 0. The summed E-state index contributed by atoms with van der Waals surface area (Å²) in [5.74, 6) is -0.0627. The Kier molecular flexibility index (Phi) is 9.41. The van der Waals surface area contributed by atoms with Crippen molar-refractivity contribution >= 4 is 29.0 Å². The Hall–Kier alpha value is -3.02. The van der Waals surface area contributed by atoms with E-state index in [4.69, 9.17) is 0 Å². The first kappa shape index (κ1) is 23.6. The normalized spacial score (nSPS) is 16.0. The second-order valence-corrected chi connectivity index (χ2v) is 8.39. The largest absolute Gasteiger partial charge is 0.385 e. The summed E-state index contributed by atoms with van der Waals surface area (Å²) in [5, 5.41) is 9.07. The molecule has 32 heavy (non-hydrogen) atoms. The van der Waals surface area contributed by atoms with Gasteiger partial charge in [0.15, 0.2) is 0 Å². The predicted octanol–water partition coefficient (Wildman–Crippen LogP) is 5.78. The molecule has 1 unspecified atom stereocenters. The number of carbonyl (C=O) groups is 2. The van der Waals surface area contributed by atoms with E-state index in [9.17, 15) is 9.59 Å². The molecule has 0 spiro atoms. The van der Waals surface area contributed by atoms with Gasteiger partial charge in [-0.05, 0) is 55.7 Å². The molecule has 1 aliphatic heterocycles. The third kappa shape index (κ3) is 7.29. The van der Waals surface area contributed by atoms with E-state index in [1.54, 1.807) is 4.90 Å². The molecule has 2 aromatic carbocycles. The monoisotopic (exact) mass is 436 g/mol. The first-order valence-electron chi connectivity index (χ1n) is 11.9. The van der Waals surface area contributed by atoms with Crippen LogP contribution in [0.3, 0.4) is 0 Å². The SMILES string of the molecule is CCCCCCCCNc1ccc(N2CCCC(NC(=O)Nc3ccccc3)C2=O)cc1. The number of piperidine rings is 1. The third-order valence-corrected chi connectivity index (χ3v) is 5.81. The van der Waals surface area contributed by atoms with E-state index in [-0.39, 0.29) is 11.9 Å². The minimum Gasteiger partial charge on any atom is -0.385 e. The predicted molar refractivity (Wildman–Crippen MR) is 132 cm³/mol. The number of carbonyl (C=O) groups excluding carboxylic acids is 2. The van der Waals surface area contributed by atoms with Gasteiger partial charge in [0.05, 0.1) is 0 Å². The summed E-state index contributed by atoms with van der Waals surface area (Å²) in [6.45, 7) is 3.88. The quantitative estimate of drug-likeness (QED) is 0.391. The van der Waals surface area contributed by atoms with Crippen molar-refractivity contribution in [2.45, 2.75) is 64.3 Å². The van der Waals surface area contributed by atoms with Crippen molar-refractivity contribution in [3.63, 3.8) is 0 Å². The van der Waals surface area contributed by atoms with Crippen molar-refractivity contribution in [2.75, 3.05) is 28.6 Å². The topological polar surface area (TPSA) is 73.5 Å². The lowest BCUT2D eigenvalue weighted by atomic mass is 10.0. The molecule has 0 bridgehead atoms. The zero-order valence-corrected chi connectivity index (χ0v) is 19.1. The number of para-hydroxylation sites is 1. The summed E-state index contributed by atoms with van der Waals surface area (Å²) >= 11 is 0. The average Bonchev–Trinajstić information content (AvgIpc) is 2.81. The molecule has 1 fully saturated rings. The highest BCUT2D eigenvalue weighted by Gasteiger charge is 2.30. The van der Waals surface area contributed by atoms with Crippen LogP contribution in [0.25, 0.3) is 0 Å². The first-order valence-corrected chi connectivity index (χ1v) is 11.9. The summed E-state index contributed by atoms with van der Waals surface area (Å²) in [5.41, 5.74) is 2.65. The Balaban J connectivity index is 1.46. The van der Waals surface area contributed by atoms with Crippen LogP contribution in [0.5, 0.6) is 0 Å². The van der Waals surface area contributed by atoms with Crippen LogP contribution in [-0.4, -0.2) is 31.1 Å². The van der Waals surface area contributed by atoms with Gasteiger partial charge in [0.25, 0.3) is 0 Å². The van der Waals surface area contributed by atoms with Gasteiger partial charge in [-0.25, -0.2) is 4.79 Å². The Morgan fingerprint density at radius 1 is 0.938 bits per heavy atom. The van der Waals surface area contributed by atoms with Crippen LogP contribution in [-0.2, 0) is 4.79 Å². The standard InChI is InChI=1S/C26H36N4O2/c1-2-3-4-5-6-10-19-27-21-15-17-23(18-16-21)30-20-11-14-24(25(30)31)29-26(32)28-22-12-8-7-9-13-22/h7-9,12-13,15-18,24,27H,2-6,10-11,14,19-20H2,1H3,(H2,28,29,32). The molecule has 2 aromatic rings. The van der Waals surface area contributed by atoms with Gasteiger partial charge < -0.3 is 20.9 Å². The molecule has 3 rings (SSSR count). The van der Waals surface area contributed by atoms with Gasteiger partial charge in [0, 0.05) is 30.2 Å². The van der Waals surface area contributed by atoms with Gasteiger partial charge in [0.1, 0.15) is 6.04 Å². The van der Waals surface area contributed by atoms with Crippen molar-refractivity contribution in [3.8, 4) is 0 Å². The Morgan fingerprint density at radius 3 is 2.41 bits per heavy atom. The molecule has 3 N–H and O–H groups in total. The smallest absolute Gasteiger partial charge is 0.319 e. The van der Waals surface area contributed by atoms with E-state index in [0.29, 0.717) is 18.7 Å². The van der Waals surface area contributed by atoms with Crippen LogP contribution in [0.4, 0.5) is 21.9 Å². The van der Waals surface area contributed by atoms with Crippen LogP contribution in [0.15, 0.2) is 54.6 Å². The molecule has 172 valence electrons. The highest BCUT2D eigenvalue weighted by atomic mass is 16.2. The number of amides is 3. The first-order chi connectivity index (χ1) is 15.7. The van der Waals surface area contributed by atoms with Gasteiger partial charge in [-0.1, -0.05) is 57.2 Å². The fraction of sp³-hybridized carbons (Fsp3) is 0.462. The number of benzene rings is 2. The fourth-order valence-corrected chi connectivity index (χ4v) is 4.01. The van der Waals surface area contributed by atoms with E-state index in [2.05, 4.69) is 22.9 Å². The summed E-state index contributed by atoms with van der Waals surface area (Å²) in [6.07, 6.45) is 9.19. The Morgan fingerprint density at radius 2 is 1.66 bits per heavy atom. The minimum absolute atomic E-state index is 0.0627. The molecule has 6 nitrogen and oxygen atoms in total. The minimum atomic E-state index is -0.516. The van der Waals surface area contributed by atoms with E-state index in [0.717, 1.165) is 24.3 Å². The summed E-state index contributed by atoms with van der Waals surface area (Å²) in [6, 6.07) is 16.4. The van der Waals surface area contributed by atoms with Gasteiger partial charge in [0.2, 0.25) is 5.91 Å². The maximum atomic E-state index is 13.0. The molecule has 0 saturated carbocycles. The van der Waals surface area contributed by atoms with Gasteiger partial charge in [-0.15, -0.1) is 0 Å². The highest BCUT2D eigenvalue weighted by molar-refractivity contribution is 6.01. The number of rotatable bonds is 11. The number of anilines is 3. The van der Waals surface area contributed by atoms with Crippen LogP contribution < -0.4 is 20.9 Å². The summed E-state index contributed by atoms with van der Waals surface area (Å²) in [4.78, 5) is 27.1. The summed E-state index contributed by atoms with van der Waals surface area (Å²) < 4.78 is 0. The van der Waals surface area contributed by atoms with E-state index in [1.165, 1.54) is 38.5 Å². The van der Waals surface area contributed by atoms with Gasteiger partial charge in [-0.3, -0.25) is 4.79 Å². The van der Waals surface area contributed by atoms with Crippen molar-refractivity contribution < 1.29 is 9.59 Å². The van der Waals surface area contributed by atoms with Crippen LogP contribution in [0, 0.1) is 0 Å². The highest BCUT2D eigenvalue weighted by Crippen LogP contribution is 2.23. The van der Waals surface area contributed by atoms with Crippen molar-refractivity contribution in [3.05, 3.63) is 54.6 Å². The Labute approximate surface area is 191 Å². The van der Waals surface area contributed by atoms with E-state index in [1.807, 2.05) is 54.6 Å². The fourth-order valence-electron chi connectivity index (χ4n) is 4.01. The lowest BCUT2D eigenvalue weighted by Crippen LogP contribution is -2.53. The molecule has 1 heterocycles. The molecule has 3 amide bonds.